The van der Waals surface area contributed by atoms with Crippen molar-refractivity contribution in [2.75, 3.05) is 6.61 Å². The average molecular weight is 275 g/mol. The second kappa shape index (κ2) is 7.13. The SMILES string of the molecule is CCc1ccc(CCC(=O)NOCC(F)(F)F)cc1. The zero-order valence-corrected chi connectivity index (χ0v) is 10.6. The molecule has 0 aromatic heterocycles. The molecule has 1 N–H and O–H groups in total. The van der Waals surface area contributed by atoms with Crippen molar-refractivity contribution in [3.8, 4) is 0 Å². The minimum absolute atomic E-state index is 0.0866. The van der Waals surface area contributed by atoms with Crippen LogP contribution in [0.5, 0.6) is 0 Å². The van der Waals surface area contributed by atoms with Gasteiger partial charge in [0.1, 0.15) is 0 Å². The molecule has 1 amide bonds. The molecular formula is C13H16F3NO2. The van der Waals surface area contributed by atoms with Crippen LogP contribution in [-0.4, -0.2) is 18.7 Å². The smallest absolute Gasteiger partial charge is 0.273 e. The van der Waals surface area contributed by atoms with Crippen molar-refractivity contribution in [2.45, 2.75) is 32.4 Å². The average Bonchev–Trinajstić information content (AvgIpc) is 2.35. The number of hydrogen-bond acceptors (Lipinski definition) is 2. The van der Waals surface area contributed by atoms with E-state index < -0.39 is 18.7 Å². The maximum absolute atomic E-state index is 11.8. The van der Waals surface area contributed by atoms with Gasteiger partial charge in [0.2, 0.25) is 5.91 Å². The lowest BCUT2D eigenvalue weighted by Gasteiger charge is -2.08. The number of nitrogens with one attached hydrogen (secondary N) is 1. The first-order chi connectivity index (χ1) is 8.90. The van der Waals surface area contributed by atoms with Gasteiger partial charge in [-0.1, -0.05) is 31.2 Å². The molecule has 0 bridgehead atoms. The van der Waals surface area contributed by atoms with Crippen molar-refractivity contribution in [1.82, 2.24) is 5.48 Å². The predicted molar refractivity (Wildman–Crippen MR) is 64.3 cm³/mol. The highest BCUT2D eigenvalue weighted by atomic mass is 19.4. The number of benzene rings is 1. The fourth-order valence-electron chi connectivity index (χ4n) is 1.45. The molecule has 0 radical (unpaired) electrons. The van der Waals surface area contributed by atoms with Crippen molar-refractivity contribution < 1.29 is 22.8 Å². The van der Waals surface area contributed by atoms with Gasteiger partial charge >= 0.3 is 6.18 Å². The van der Waals surface area contributed by atoms with E-state index >= 15 is 0 Å². The predicted octanol–water partition coefficient (Wildman–Crippen LogP) is 2.79. The Labute approximate surface area is 109 Å². The number of hydroxylamine groups is 1. The van der Waals surface area contributed by atoms with Gasteiger partial charge < -0.3 is 0 Å². The Balaban J connectivity index is 2.26. The Kier molecular flexibility index (Phi) is 5.82. The van der Waals surface area contributed by atoms with Crippen LogP contribution in [0, 0.1) is 0 Å². The van der Waals surface area contributed by atoms with Crippen molar-refractivity contribution in [1.29, 1.82) is 0 Å². The molecule has 0 saturated carbocycles. The highest BCUT2D eigenvalue weighted by Crippen LogP contribution is 2.13. The van der Waals surface area contributed by atoms with E-state index in [1.807, 2.05) is 31.2 Å². The van der Waals surface area contributed by atoms with Gasteiger partial charge in [-0.15, -0.1) is 0 Å². The number of alkyl halides is 3. The van der Waals surface area contributed by atoms with Gasteiger partial charge in [0, 0.05) is 6.42 Å². The summed E-state index contributed by atoms with van der Waals surface area (Å²) in [4.78, 5) is 15.3. The molecule has 106 valence electrons. The van der Waals surface area contributed by atoms with Crippen LogP contribution < -0.4 is 5.48 Å². The molecule has 0 heterocycles. The van der Waals surface area contributed by atoms with Gasteiger partial charge in [0.25, 0.3) is 0 Å². The Morgan fingerprint density at radius 3 is 2.32 bits per heavy atom. The summed E-state index contributed by atoms with van der Waals surface area (Å²) in [6.07, 6.45) is -2.95. The lowest BCUT2D eigenvalue weighted by atomic mass is 10.1. The third kappa shape index (κ3) is 6.81. The Morgan fingerprint density at radius 2 is 1.79 bits per heavy atom. The Bertz CT molecular complexity index is 401. The number of amides is 1. The number of halogens is 3. The van der Waals surface area contributed by atoms with Crippen LogP contribution in [0.25, 0.3) is 0 Å². The normalized spacial score (nSPS) is 11.4. The first kappa shape index (κ1) is 15.5. The molecule has 1 aromatic rings. The maximum atomic E-state index is 11.8. The molecule has 1 aromatic carbocycles. The number of aryl methyl sites for hydroxylation is 2. The molecule has 0 aliphatic carbocycles. The van der Waals surface area contributed by atoms with E-state index in [9.17, 15) is 18.0 Å². The van der Waals surface area contributed by atoms with E-state index in [0.29, 0.717) is 6.42 Å². The summed E-state index contributed by atoms with van der Waals surface area (Å²) in [5, 5.41) is 0. The fraction of sp³-hybridized carbons (Fsp3) is 0.462. The highest BCUT2D eigenvalue weighted by molar-refractivity contribution is 5.75. The molecule has 19 heavy (non-hydrogen) atoms. The van der Waals surface area contributed by atoms with Gasteiger partial charge in [0.05, 0.1) is 0 Å². The first-order valence-corrected chi connectivity index (χ1v) is 5.96. The van der Waals surface area contributed by atoms with Crippen LogP contribution in [0.3, 0.4) is 0 Å². The molecular weight excluding hydrogens is 259 g/mol. The van der Waals surface area contributed by atoms with E-state index in [1.165, 1.54) is 5.56 Å². The zero-order valence-electron chi connectivity index (χ0n) is 10.6. The van der Waals surface area contributed by atoms with Crippen LogP contribution in [0.4, 0.5) is 13.2 Å². The zero-order chi connectivity index (χ0) is 14.3. The van der Waals surface area contributed by atoms with E-state index in [4.69, 9.17) is 0 Å². The summed E-state index contributed by atoms with van der Waals surface area (Å²) in [7, 11) is 0. The lowest BCUT2D eigenvalue weighted by molar-refractivity contribution is -0.191. The standard InChI is InChI=1S/C13H16F3NO2/c1-2-10-3-5-11(6-4-10)7-8-12(18)17-19-9-13(14,15)16/h3-6H,2,7-9H2,1H3,(H,17,18). The van der Waals surface area contributed by atoms with Gasteiger partial charge in [-0.05, 0) is 24.0 Å². The maximum Gasteiger partial charge on any atom is 0.414 e. The van der Waals surface area contributed by atoms with Crippen molar-refractivity contribution in [3.63, 3.8) is 0 Å². The molecule has 0 atom stereocenters. The molecule has 1 rings (SSSR count). The van der Waals surface area contributed by atoms with Gasteiger partial charge in [-0.3, -0.25) is 9.63 Å². The second-order valence-electron chi connectivity index (χ2n) is 4.10. The topological polar surface area (TPSA) is 38.3 Å². The van der Waals surface area contributed by atoms with Crippen LogP contribution in [0.1, 0.15) is 24.5 Å². The van der Waals surface area contributed by atoms with Crippen LogP contribution >= 0.6 is 0 Å². The number of rotatable bonds is 6. The Hall–Kier alpha value is -1.56. The van der Waals surface area contributed by atoms with Crippen molar-refractivity contribution >= 4 is 5.91 Å². The summed E-state index contributed by atoms with van der Waals surface area (Å²) < 4.78 is 35.3. The molecule has 6 heteroatoms. The van der Waals surface area contributed by atoms with E-state index in [-0.39, 0.29) is 6.42 Å². The third-order valence-corrected chi connectivity index (χ3v) is 2.49. The monoisotopic (exact) mass is 275 g/mol. The summed E-state index contributed by atoms with van der Waals surface area (Å²) >= 11 is 0. The van der Waals surface area contributed by atoms with Crippen LogP contribution in [-0.2, 0) is 22.5 Å². The minimum Gasteiger partial charge on any atom is -0.273 e. The van der Waals surface area contributed by atoms with Crippen molar-refractivity contribution in [2.24, 2.45) is 0 Å². The summed E-state index contributed by atoms with van der Waals surface area (Å²) in [6.45, 7) is 0.560. The van der Waals surface area contributed by atoms with Crippen molar-refractivity contribution in [3.05, 3.63) is 35.4 Å². The second-order valence-corrected chi connectivity index (χ2v) is 4.10. The molecule has 0 fully saturated rings. The molecule has 0 aliphatic rings. The third-order valence-electron chi connectivity index (χ3n) is 2.49. The van der Waals surface area contributed by atoms with Gasteiger partial charge in [-0.2, -0.15) is 13.2 Å². The number of hydrogen-bond donors (Lipinski definition) is 1. The molecule has 0 spiro atoms. The fourth-order valence-corrected chi connectivity index (χ4v) is 1.45. The summed E-state index contributed by atoms with van der Waals surface area (Å²) in [5.74, 6) is -0.566. The van der Waals surface area contributed by atoms with E-state index in [1.54, 1.807) is 5.48 Å². The van der Waals surface area contributed by atoms with E-state index in [0.717, 1.165) is 12.0 Å². The molecule has 0 aliphatic heterocycles. The number of carbonyl (C=O) groups excluding carboxylic acids is 1. The quantitative estimate of drug-likeness (QED) is 0.811. The highest BCUT2D eigenvalue weighted by Gasteiger charge is 2.28. The minimum atomic E-state index is -4.44. The van der Waals surface area contributed by atoms with Crippen LogP contribution in [0.15, 0.2) is 24.3 Å². The summed E-state index contributed by atoms with van der Waals surface area (Å²) in [6, 6.07) is 7.74. The van der Waals surface area contributed by atoms with E-state index in [2.05, 4.69) is 4.84 Å². The van der Waals surface area contributed by atoms with Crippen LogP contribution in [0.2, 0.25) is 0 Å². The Morgan fingerprint density at radius 1 is 1.21 bits per heavy atom. The largest absolute Gasteiger partial charge is 0.414 e. The van der Waals surface area contributed by atoms with Gasteiger partial charge in [-0.25, -0.2) is 5.48 Å². The number of carbonyl (C=O) groups is 1. The van der Waals surface area contributed by atoms with Gasteiger partial charge in [0.15, 0.2) is 6.61 Å². The summed E-state index contributed by atoms with van der Waals surface area (Å²) in [5.41, 5.74) is 3.93. The molecule has 0 saturated heterocycles. The first-order valence-electron chi connectivity index (χ1n) is 5.96. The molecule has 3 nitrogen and oxygen atoms in total. The molecule has 0 unspecified atom stereocenters. The lowest BCUT2D eigenvalue weighted by Crippen LogP contribution is -2.29.